The maximum Gasteiger partial charge on any atom is 0.335 e. The molecule has 2 rings (SSSR count). The molecule has 2 aromatic rings. The van der Waals surface area contributed by atoms with Crippen LogP contribution in [0.2, 0.25) is 0 Å². The first kappa shape index (κ1) is 11.1. The summed E-state index contributed by atoms with van der Waals surface area (Å²) in [5, 5.41) is 11.8. The Labute approximate surface area is 98.2 Å². The van der Waals surface area contributed by atoms with E-state index in [9.17, 15) is 4.79 Å². The number of hydrogen-bond donors (Lipinski definition) is 2. The van der Waals surface area contributed by atoms with Crippen LogP contribution >= 0.6 is 0 Å². The highest BCUT2D eigenvalue weighted by molar-refractivity contribution is 5.88. The fourth-order valence-electron chi connectivity index (χ4n) is 1.37. The van der Waals surface area contributed by atoms with Crippen molar-refractivity contribution in [2.24, 2.45) is 0 Å². The van der Waals surface area contributed by atoms with Crippen molar-refractivity contribution in [3.05, 3.63) is 47.9 Å². The van der Waals surface area contributed by atoms with E-state index in [0.29, 0.717) is 5.82 Å². The summed E-state index contributed by atoms with van der Waals surface area (Å²) in [6, 6.07) is 8.28. The summed E-state index contributed by atoms with van der Waals surface area (Å²) in [5.41, 5.74) is 1.91. The van der Waals surface area contributed by atoms with Gasteiger partial charge in [0.05, 0.1) is 5.56 Å². The molecule has 2 N–H and O–H groups in total. The maximum absolute atomic E-state index is 10.7. The lowest BCUT2D eigenvalue weighted by atomic mass is 10.2. The third-order valence-corrected chi connectivity index (χ3v) is 2.21. The van der Waals surface area contributed by atoms with E-state index in [1.165, 1.54) is 6.33 Å². The van der Waals surface area contributed by atoms with Gasteiger partial charge >= 0.3 is 5.97 Å². The second-order valence-corrected chi connectivity index (χ2v) is 3.55. The summed E-state index contributed by atoms with van der Waals surface area (Å²) in [6.45, 7) is 1.88. The molecule has 0 aliphatic rings. The van der Waals surface area contributed by atoms with E-state index in [0.717, 1.165) is 11.4 Å². The van der Waals surface area contributed by atoms with E-state index in [2.05, 4.69) is 15.3 Å². The zero-order chi connectivity index (χ0) is 12.3. The van der Waals surface area contributed by atoms with Gasteiger partial charge in [-0.15, -0.1) is 0 Å². The van der Waals surface area contributed by atoms with Crippen LogP contribution < -0.4 is 5.32 Å². The average Bonchev–Trinajstić information content (AvgIpc) is 2.29. The van der Waals surface area contributed by atoms with Gasteiger partial charge in [-0.25, -0.2) is 14.8 Å². The van der Waals surface area contributed by atoms with Crippen molar-refractivity contribution in [3.8, 4) is 0 Å². The molecular weight excluding hydrogens is 218 g/mol. The van der Waals surface area contributed by atoms with Crippen molar-refractivity contribution in [2.75, 3.05) is 5.32 Å². The molecule has 0 aliphatic heterocycles. The highest BCUT2D eigenvalue weighted by Gasteiger charge is 2.02. The number of aromatic carboxylic acids is 1. The summed E-state index contributed by atoms with van der Waals surface area (Å²) in [5.74, 6) is -0.255. The minimum atomic E-state index is -0.936. The molecule has 1 aromatic heterocycles. The molecule has 0 atom stereocenters. The summed E-state index contributed by atoms with van der Waals surface area (Å²) in [4.78, 5) is 18.7. The van der Waals surface area contributed by atoms with Crippen LogP contribution in [0.25, 0.3) is 0 Å². The highest BCUT2D eigenvalue weighted by Crippen LogP contribution is 2.15. The Morgan fingerprint density at radius 2 is 1.94 bits per heavy atom. The van der Waals surface area contributed by atoms with Crippen LogP contribution in [0.5, 0.6) is 0 Å². The zero-order valence-corrected chi connectivity index (χ0v) is 9.21. The Balaban J connectivity index is 2.16. The Bertz CT molecular complexity index is 538. The van der Waals surface area contributed by atoms with E-state index in [4.69, 9.17) is 5.11 Å². The Kier molecular flexibility index (Phi) is 3.00. The monoisotopic (exact) mass is 229 g/mol. The third-order valence-electron chi connectivity index (χ3n) is 2.21. The van der Waals surface area contributed by atoms with Crippen molar-refractivity contribution >= 4 is 17.5 Å². The lowest BCUT2D eigenvalue weighted by molar-refractivity contribution is 0.0697. The molecule has 0 saturated carbocycles. The lowest BCUT2D eigenvalue weighted by Gasteiger charge is -2.05. The molecule has 0 unspecified atom stereocenters. The van der Waals surface area contributed by atoms with Gasteiger partial charge in [-0.2, -0.15) is 0 Å². The fourth-order valence-corrected chi connectivity index (χ4v) is 1.37. The van der Waals surface area contributed by atoms with Crippen molar-refractivity contribution in [1.82, 2.24) is 9.97 Å². The number of rotatable bonds is 3. The van der Waals surface area contributed by atoms with Gasteiger partial charge in [0, 0.05) is 17.4 Å². The minimum Gasteiger partial charge on any atom is -0.478 e. The molecular formula is C12H11N3O2. The number of nitrogens with zero attached hydrogens (tertiary/aromatic N) is 2. The molecule has 0 aliphatic carbocycles. The van der Waals surface area contributed by atoms with Crippen LogP contribution in [0.15, 0.2) is 36.7 Å². The Morgan fingerprint density at radius 3 is 2.53 bits per heavy atom. The number of carboxylic acids is 1. The van der Waals surface area contributed by atoms with Crippen LogP contribution in [-0.4, -0.2) is 21.0 Å². The quantitative estimate of drug-likeness (QED) is 0.844. The first-order valence-electron chi connectivity index (χ1n) is 5.04. The topological polar surface area (TPSA) is 75.1 Å². The molecule has 0 fully saturated rings. The number of carboxylic acid groups (broad SMARTS) is 1. The molecule has 0 spiro atoms. The number of nitrogens with one attached hydrogen (secondary N) is 1. The number of hydrogen-bond acceptors (Lipinski definition) is 4. The van der Waals surface area contributed by atoms with Crippen molar-refractivity contribution < 1.29 is 9.90 Å². The van der Waals surface area contributed by atoms with Gasteiger partial charge < -0.3 is 10.4 Å². The predicted molar refractivity (Wildman–Crippen MR) is 63.5 cm³/mol. The zero-order valence-electron chi connectivity index (χ0n) is 9.21. The van der Waals surface area contributed by atoms with E-state index in [-0.39, 0.29) is 5.56 Å². The fraction of sp³-hybridized carbons (Fsp3) is 0.0833. The normalized spacial score (nSPS) is 9.94. The van der Waals surface area contributed by atoms with Gasteiger partial charge in [-0.1, -0.05) is 0 Å². The molecule has 0 radical (unpaired) electrons. The molecule has 5 heteroatoms. The van der Waals surface area contributed by atoms with Gasteiger partial charge in [-0.05, 0) is 31.2 Å². The van der Waals surface area contributed by atoms with E-state index < -0.39 is 5.97 Å². The largest absolute Gasteiger partial charge is 0.478 e. The predicted octanol–water partition coefficient (Wildman–Crippen LogP) is 2.23. The summed E-state index contributed by atoms with van der Waals surface area (Å²) >= 11 is 0. The molecule has 5 nitrogen and oxygen atoms in total. The second kappa shape index (κ2) is 4.61. The third kappa shape index (κ3) is 2.78. The Morgan fingerprint density at radius 1 is 1.24 bits per heavy atom. The van der Waals surface area contributed by atoms with Gasteiger partial charge in [0.15, 0.2) is 0 Å². The van der Waals surface area contributed by atoms with Gasteiger partial charge in [0.2, 0.25) is 0 Å². The van der Waals surface area contributed by atoms with Crippen LogP contribution in [0, 0.1) is 6.92 Å². The SMILES string of the molecule is Cc1cc(Nc2ccc(C(=O)O)cc2)ncn1. The van der Waals surface area contributed by atoms with Gasteiger partial charge in [0.25, 0.3) is 0 Å². The molecule has 1 heterocycles. The van der Waals surface area contributed by atoms with Gasteiger partial charge in [-0.3, -0.25) is 0 Å². The first-order valence-corrected chi connectivity index (χ1v) is 5.04. The first-order chi connectivity index (χ1) is 8.15. The number of benzene rings is 1. The number of aryl methyl sites for hydroxylation is 1. The summed E-state index contributed by atoms with van der Waals surface area (Å²) in [6.07, 6.45) is 1.48. The summed E-state index contributed by atoms with van der Waals surface area (Å²) < 4.78 is 0. The van der Waals surface area contributed by atoms with E-state index in [1.54, 1.807) is 24.3 Å². The molecule has 17 heavy (non-hydrogen) atoms. The smallest absolute Gasteiger partial charge is 0.335 e. The van der Waals surface area contributed by atoms with Crippen molar-refractivity contribution in [1.29, 1.82) is 0 Å². The van der Waals surface area contributed by atoms with Crippen LogP contribution in [-0.2, 0) is 0 Å². The number of anilines is 2. The van der Waals surface area contributed by atoms with Crippen LogP contribution in [0.1, 0.15) is 16.1 Å². The number of carbonyl (C=O) groups is 1. The van der Waals surface area contributed by atoms with Crippen LogP contribution in [0.4, 0.5) is 11.5 Å². The van der Waals surface area contributed by atoms with Crippen LogP contribution in [0.3, 0.4) is 0 Å². The molecule has 1 aromatic carbocycles. The molecule has 86 valence electrons. The minimum absolute atomic E-state index is 0.259. The number of aromatic nitrogens is 2. The lowest BCUT2D eigenvalue weighted by Crippen LogP contribution is -1.98. The van der Waals surface area contributed by atoms with E-state index in [1.807, 2.05) is 13.0 Å². The Hall–Kier alpha value is -2.43. The van der Waals surface area contributed by atoms with E-state index >= 15 is 0 Å². The summed E-state index contributed by atoms with van der Waals surface area (Å²) in [7, 11) is 0. The molecule has 0 bridgehead atoms. The van der Waals surface area contributed by atoms with Crippen molar-refractivity contribution in [2.45, 2.75) is 6.92 Å². The van der Waals surface area contributed by atoms with Gasteiger partial charge in [0.1, 0.15) is 12.1 Å². The average molecular weight is 229 g/mol. The molecule has 0 saturated heterocycles. The molecule has 0 amide bonds. The highest BCUT2D eigenvalue weighted by atomic mass is 16.4. The standard InChI is InChI=1S/C12H11N3O2/c1-8-6-11(14-7-13-8)15-10-4-2-9(3-5-10)12(16)17/h2-7H,1H3,(H,16,17)(H,13,14,15). The maximum atomic E-state index is 10.7. The second-order valence-electron chi connectivity index (χ2n) is 3.55. The van der Waals surface area contributed by atoms with Crippen molar-refractivity contribution in [3.63, 3.8) is 0 Å².